The molecule has 0 saturated carbocycles. The van der Waals surface area contributed by atoms with Gasteiger partial charge in [-0.05, 0) is 42.8 Å². The molecule has 0 atom stereocenters. The third kappa shape index (κ3) is 4.85. The molecule has 34 heavy (non-hydrogen) atoms. The number of likely N-dealkylation sites (tertiary alicyclic amines) is 1. The molecule has 0 aliphatic carbocycles. The van der Waals surface area contributed by atoms with Crippen molar-refractivity contribution in [3.63, 3.8) is 0 Å². The normalized spacial score (nSPS) is 14.6. The Labute approximate surface area is 194 Å². The summed E-state index contributed by atoms with van der Waals surface area (Å²) in [6.07, 6.45) is 0. The predicted molar refractivity (Wildman–Crippen MR) is 123 cm³/mol. The van der Waals surface area contributed by atoms with Gasteiger partial charge in [-0.15, -0.1) is 0 Å². The summed E-state index contributed by atoms with van der Waals surface area (Å²) in [6.45, 7) is 2.48. The van der Waals surface area contributed by atoms with E-state index in [1.807, 2.05) is 0 Å². The average Bonchev–Trinajstić information content (AvgIpc) is 2.77. The summed E-state index contributed by atoms with van der Waals surface area (Å²) in [4.78, 5) is 14.4. The molecule has 1 aliphatic heterocycles. The molecule has 6 nitrogen and oxygen atoms in total. The van der Waals surface area contributed by atoms with Gasteiger partial charge in [0.25, 0.3) is 5.91 Å². The van der Waals surface area contributed by atoms with Gasteiger partial charge in [0.05, 0.1) is 36.6 Å². The molecule has 0 radical (unpaired) electrons. The zero-order valence-corrected chi connectivity index (χ0v) is 18.5. The summed E-state index contributed by atoms with van der Waals surface area (Å²) in [5.74, 6) is -3.54. The fourth-order valence-electron chi connectivity index (χ4n) is 3.91. The third-order valence-corrected chi connectivity index (χ3v) is 5.75. The lowest BCUT2D eigenvalue weighted by molar-refractivity contribution is -0.0787. The Hall–Kier alpha value is -3.56. The number of aromatic hydroxyl groups is 1. The number of amides is 1. The van der Waals surface area contributed by atoms with Crippen LogP contribution in [0.15, 0.2) is 54.6 Å². The van der Waals surface area contributed by atoms with E-state index in [0.717, 1.165) is 12.1 Å². The van der Waals surface area contributed by atoms with Gasteiger partial charge in [0, 0.05) is 12.1 Å². The number of carbonyl (C=O) groups is 1. The molecule has 5 N–H and O–H groups in total. The Morgan fingerprint density at radius 3 is 2.53 bits per heavy atom. The highest BCUT2D eigenvalue weighted by atomic mass is 19.2. The highest BCUT2D eigenvalue weighted by Gasteiger charge is 2.48. The molecule has 1 fully saturated rings. The van der Waals surface area contributed by atoms with E-state index in [9.17, 15) is 23.1 Å². The summed E-state index contributed by atoms with van der Waals surface area (Å²) in [5, 5.41) is 24.0. The van der Waals surface area contributed by atoms with Crippen LogP contribution in [0.25, 0.3) is 0 Å². The third-order valence-electron chi connectivity index (χ3n) is 5.75. The van der Waals surface area contributed by atoms with Crippen LogP contribution in [-0.4, -0.2) is 46.3 Å². The minimum Gasteiger partial charge on any atom is -0.508 e. The number of hydrogen-bond acceptors (Lipinski definition) is 4. The SMILES string of the molecule is Cc1ccc(Nc2c(C(=O)N3CC([OH2+])(CNCc4ccccc4O)C3)ccc(F)c2F)c(F)c1. The average molecular weight is 472 g/mol. The first-order valence-electron chi connectivity index (χ1n) is 10.7. The van der Waals surface area contributed by atoms with Gasteiger partial charge in [0.1, 0.15) is 11.6 Å². The van der Waals surface area contributed by atoms with Gasteiger partial charge in [0.2, 0.25) is 5.60 Å². The smallest absolute Gasteiger partial charge is 0.256 e. The number of phenolic OH excluding ortho intramolecular Hbond substituents is 1. The molecule has 1 amide bonds. The predicted octanol–water partition coefficient (Wildman–Crippen LogP) is 3.57. The number of phenols is 1. The van der Waals surface area contributed by atoms with E-state index >= 15 is 0 Å². The van der Waals surface area contributed by atoms with E-state index in [1.165, 1.54) is 17.0 Å². The minimum atomic E-state index is -1.28. The van der Waals surface area contributed by atoms with Crippen molar-refractivity contribution in [2.45, 2.75) is 19.1 Å². The number of nitrogens with one attached hydrogen (secondary N) is 2. The quantitative estimate of drug-likeness (QED) is 0.459. The first-order chi connectivity index (χ1) is 16.2. The highest BCUT2D eigenvalue weighted by molar-refractivity contribution is 6.01. The van der Waals surface area contributed by atoms with Crippen molar-refractivity contribution < 1.29 is 28.2 Å². The van der Waals surface area contributed by atoms with Crippen molar-refractivity contribution in [2.75, 3.05) is 25.0 Å². The molecule has 0 spiro atoms. The number of rotatable bonds is 7. The number of halogens is 3. The van der Waals surface area contributed by atoms with E-state index in [2.05, 4.69) is 10.6 Å². The first-order valence-corrected chi connectivity index (χ1v) is 10.7. The second-order valence-electron chi connectivity index (χ2n) is 8.57. The summed E-state index contributed by atoms with van der Waals surface area (Å²) in [5.41, 5.74) is -0.302. The Bertz CT molecular complexity index is 1230. The molecular formula is C25H25F3N3O3+. The fraction of sp³-hybridized carbons (Fsp3) is 0.240. The lowest BCUT2D eigenvalue weighted by atomic mass is 9.92. The van der Waals surface area contributed by atoms with Gasteiger partial charge in [-0.1, -0.05) is 24.3 Å². The van der Waals surface area contributed by atoms with Crippen molar-refractivity contribution in [2.24, 2.45) is 0 Å². The van der Waals surface area contributed by atoms with Crippen LogP contribution in [-0.2, 0) is 6.54 Å². The number of para-hydroxylation sites is 1. The zero-order valence-electron chi connectivity index (χ0n) is 18.5. The lowest BCUT2D eigenvalue weighted by Gasteiger charge is -2.43. The van der Waals surface area contributed by atoms with E-state index < -0.39 is 34.6 Å². The fourth-order valence-corrected chi connectivity index (χ4v) is 3.91. The molecular weight excluding hydrogens is 447 g/mol. The van der Waals surface area contributed by atoms with Crippen LogP contribution in [0.5, 0.6) is 5.75 Å². The molecule has 1 saturated heterocycles. The van der Waals surface area contributed by atoms with Crippen LogP contribution < -0.4 is 10.6 Å². The Kier molecular flexibility index (Phi) is 6.49. The van der Waals surface area contributed by atoms with Crippen LogP contribution >= 0.6 is 0 Å². The molecule has 3 aromatic carbocycles. The molecule has 0 bridgehead atoms. The standard InChI is InChI=1S/C25H24F3N3O3/c1-15-6-9-20(19(27)10-15)30-23-17(7-8-18(26)22(23)28)24(33)31-13-25(34,14-31)12-29-11-16-4-2-3-5-21(16)32/h2-10,29-30,32,34H,11-14H2,1H3/p+1. The van der Waals surface area contributed by atoms with Crippen molar-refractivity contribution in [3.8, 4) is 5.75 Å². The van der Waals surface area contributed by atoms with Crippen molar-refractivity contribution in [1.82, 2.24) is 10.2 Å². The molecule has 1 heterocycles. The van der Waals surface area contributed by atoms with Gasteiger partial charge in [-0.25, -0.2) is 13.2 Å². The van der Waals surface area contributed by atoms with Crippen LogP contribution in [0.1, 0.15) is 21.5 Å². The maximum Gasteiger partial charge on any atom is 0.256 e. The summed E-state index contributed by atoms with van der Waals surface area (Å²) in [7, 11) is 0. The molecule has 0 unspecified atom stereocenters. The maximum absolute atomic E-state index is 14.6. The summed E-state index contributed by atoms with van der Waals surface area (Å²) in [6, 6.07) is 13.1. The summed E-state index contributed by atoms with van der Waals surface area (Å²) >= 11 is 0. The van der Waals surface area contributed by atoms with Crippen LogP contribution in [0, 0.1) is 24.4 Å². The second-order valence-corrected chi connectivity index (χ2v) is 8.57. The number of benzene rings is 3. The molecule has 1 aliphatic rings. The molecule has 9 heteroatoms. The van der Waals surface area contributed by atoms with Crippen molar-refractivity contribution in [3.05, 3.63) is 88.7 Å². The highest BCUT2D eigenvalue weighted by Crippen LogP contribution is 2.31. The van der Waals surface area contributed by atoms with Gasteiger partial charge in [-0.2, -0.15) is 0 Å². The first kappa shape index (κ1) is 23.6. The lowest BCUT2D eigenvalue weighted by Crippen LogP contribution is -2.67. The van der Waals surface area contributed by atoms with E-state index in [4.69, 9.17) is 5.11 Å². The number of aryl methyl sites for hydroxylation is 1. The van der Waals surface area contributed by atoms with E-state index in [0.29, 0.717) is 17.7 Å². The van der Waals surface area contributed by atoms with Crippen LogP contribution in [0.2, 0.25) is 0 Å². The Morgan fingerprint density at radius 1 is 1.09 bits per heavy atom. The van der Waals surface area contributed by atoms with Crippen LogP contribution in [0.3, 0.4) is 0 Å². The number of anilines is 2. The topological polar surface area (TPSA) is 87.5 Å². The largest absolute Gasteiger partial charge is 0.508 e. The summed E-state index contributed by atoms with van der Waals surface area (Å²) < 4.78 is 42.8. The van der Waals surface area contributed by atoms with Gasteiger partial charge in [0.15, 0.2) is 11.6 Å². The monoisotopic (exact) mass is 472 g/mol. The number of carbonyl (C=O) groups excluding carboxylic acids is 1. The van der Waals surface area contributed by atoms with Gasteiger partial charge < -0.3 is 25.7 Å². The van der Waals surface area contributed by atoms with Crippen molar-refractivity contribution >= 4 is 17.3 Å². The second kappa shape index (κ2) is 9.36. The minimum absolute atomic E-state index is 0.0803. The molecule has 4 rings (SSSR count). The maximum atomic E-state index is 14.6. The molecule has 3 aromatic rings. The van der Waals surface area contributed by atoms with Gasteiger partial charge >= 0.3 is 0 Å². The number of hydrogen-bond donors (Lipinski definition) is 3. The molecule has 178 valence electrons. The van der Waals surface area contributed by atoms with Crippen LogP contribution in [0.4, 0.5) is 24.5 Å². The molecule has 0 aromatic heterocycles. The Balaban J connectivity index is 1.44. The van der Waals surface area contributed by atoms with Crippen molar-refractivity contribution in [1.29, 1.82) is 0 Å². The zero-order chi connectivity index (χ0) is 24.5. The van der Waals surface area contributed by atoms with E-state index in [1.54, 1.807) is 37.3 Å². The Morgan fingerprint density at radius 2 is 1.82 bits per heavy atom. The van der Waals surface area contributed by atoms with E-state index in [-0.39, 0.29) is 36.6 Å². The number of nitrogens with zero attached hydrogens (tertiary/aromatic N) is 1. The van der Waals surface area contributed by atoms with Gasteiger partial charge in [-0.3, -0.25) is 4.79 Å².